The second-order valence-electron chi connectivity index (χ2n) is 4.26. The van der Waals surface area contributed by atoms with Crippen LogP contribution >= 0.6 is 0 Å². The Morgan fingerprint density at radius 2 is 2.05 bits per heavy atom. The van der Waals surface area contributed by atoms with Crippen molar-refractivity contribution in [2.45, 2.75) is 18.2 Å². The molecule has 1 aromatic carbocycles. The molecule has 1 amide bonds. The van der Waals surface area contributed by atoms with Gasteiger partial charge in [0.05, 0.1) is 9.82 Å². The first-order valence-electron chi connectivity index (χ1n) is 5.93. The van der Waals surface area contributed by atoms with Gasteiger partial charge in [0.2, 0.25) is 15.9 Å². The molecule has 0 aliphatic heterocycles. The zero-order valence-electron chi connectivity index (χ0n) is 11.5. The Morgan fingerprint density at radius 1 is 1.43 bits per heavy atom. The van der Waals surface area contributed by atoms with Gasteiger partial charge in [0, 0.05) is 26.1 Å². The number of nitrogens with two attached hydrogens (primary N) is 1. The molecule has 0 unspecified atom stereocenters. The monoisotopic (exact) mass is 316 g/mol. The highest BCUT2D eigenvalue weighted by molar-refractivity contribution is 7.89. The Hall–Kier alpha value is -2.20. The number of sulfonamides is 1. The fraction of sp³-hybridized carbons (Fsp3) is 0.364. The van der Waals surface area contributed by atoms with Crippen LogP contribution in [0.25, 0.3) is 0 Å². The lowest BCUT2D eigenvalue weighted by Gasteiger charge is -2.11. The first kappa shape index (κ1) is 16.9. The van der Waals surface area contributed by atoms with Crippen molar-refractivity contribution in [2.75, 3.05) is 18.9 Å². The fourth-order valence-electron chi connectivity index (χ4n) is 1.70. The molecule has 10 heteroatoms. The quantitative estimate of drug-likeness (QED) is 0.480. The van der Waals surface area contributed by atoms with Crippen molar-refractivity contribution in [2.24, 2.45) is 5.73 Å². The number of hydrogen-bond acceptors (Lipinski definition) is 6. The first-order chi connectivity index (χ1) is 9.69. The van der Waals surface area contributed by atoms with Gasteiger partial charge >= 0.3 is 0 Å². The van der Waals surface area contributed by atoms with Crippen LogP contribution in [-0.4, -0.2) is 32.8 Å². The fourth-order valence-corrected chi connectivity index (χ4v) is 2.98. The molecule has 1 aromatic rings. The van der Waals surface area contributed by atoms with Crippen LogP contribution in [0.3, 0.4) is 0 Å². The molecule has 0 spiro atoms. The number of amides is 1. The van der Waals surface area contributed by atoms with Gasteiger partial charge in [-0.3, -0.25) is 14.9 Å². The Balaban J connectivity index is 3.20. The van der Waals surface area contributed by atoms with Gasteiger partial charge in [0.25, 0.3) is 5.69 Å². The summed E-state index contributed by atoms with van der Waals surface area (Å²) in [4.78, 5) is 20.7. The molecule has 21 heavy (non-hydrogen) atoms. The standard InChI is InChI=1S/C11H16N4O5S/c1-7-5-8(13-2)9(15(17)18)6-10(7)21(19,20)14-4-3-11(12)16/h5-6,13-14H,3-4H2,1-2H3,(H2,12,16). The Labute approximate surface area is 121 Å². The van der Waals surface area contributed by atoms with Crippen molar-refractivity contribution in [3.8, 4) is 0 Å². The third-order valence-electron chi connectivity index (χ3n) is 2.71. The number of nitro groups is 1. The summed E-state index contributed by atoms with van der Waals surface area (Å²) < 4.78 is 26.4. The molecule has 0 atom stereocenters. The maximum Gasteiger partial charge on any atom is 0.293 e. The van der Waals surface area contributed by atoms with E-state index < -0.39 is 20.9 Å². The molecule has 116 valence electrons. The average molecular weight is 316 g/mol. The molecule has 0 aromatic heterocycles. The molecule has 9 nitrogen and oxygen atoms in total. The van der Waals surface area contributed by atoms with Gasteiger partial charge in [0.15, 0.2) is 0 Å². The lowest BCUT2D eigenvalue weighted by atomic mass is 10.2. The van der Waals surface area contributed by atoms with Gasteiger partial charge in [-0.15, -0.1) is 0 Å². The summed E-state index contributed by atoms with van der Waals surface area (Å²) in [5.41, 5.74) is 5.13. The smallest absolute Gasteiger partial charge is 0.293 e. The highest BCUT2D eigenvalue weighted by Crippen LogP contribution is 2.30. The second-order valence-corrected chi connectivity index (χ2v) is 5.99. The zero-order valence-corrected chi connectivity index (χ0v) is 12.4. The number of nitrogens with zero attached hydrogens (tertiary/aromatic N) is 1. The van der Waals surface area contributed by atoms with E-state index in [1.54, 1.807) is 0 Å². The summed E-state index contributed by atoms with van der Waals surface area (Å²) in [6, 6.07) is 2.36. The van der Waals surface area contributed by atoms with Gasteiger partial charge < -0.3 is 11.1 Å². The zero-order chi connectivity index (χ0) is 16.2. The van der Waals surface area contributed by atoms with Crippen molar-refractivity contribution >= 4 is 27.3 Å². The van der Waals surface area contributed by atoms with Gasteiger partial charge in [-0.05, 0) is 18.6 Å². The van der Waals surface area contributed by atoms with Crippen molar-refractivity contribution in [1.82, 2.24) is 4.72 Å². The van der Waals surface area contributed by atoms with Crippen LogP contribution in [0.2, 0.25) is 0 Å². The largest absolute Gasteiger partial charge is 0.383 e. The number of nitrogens with one attached hydrogen (secondary N) is 2. The van der Waals surface area contributed by atoms with Gasteiger partial charge in [-0.1, -0.05) is 0 Å². The van der Waals surface area contributed by atoms with Crippen molar-refractivity contribution in [1.29, 1.82) is 0 Å². The minimum Gasteiger partial charge on any atom is -0.383 e. The highest BCUT2D eigenvalue weighted by atomic mass is 32.2. The van der Waals surface area contributed by atoms with Crippen LogP contribution in [0, 0.1) is 17.0 Å². The van der Waals surface area contributed by atoms with E-state index >= 15 is 0 Å². The minimum atomic E-state index is -3.96. The van der Waals surface area contributed by atoms with E-state index in [0.29, 0.717) is 5.56 Å². The number of rotatable bonds is 7. The van der Waals surface area contributed by atoms with E-state index in [2.05, 4.69) is 10.0 Å². The molecule has 0 heterocycles. The van der Waals surface area contributed by atoms with E-state index in [4.69, 9.17) is 5.73 Å². The Bertz CT molecular complexity index is 671. The summed E-state index contributed by atoms with van der Waals surface area (Å²) in [7, 11) is -2.46. The Kier molecular flexibility index (Phi) is 5.22. The van der Waals surface area contributed by atoms with Crippen LogP contribution in [0.4, 0.5) is 11.4 Å². The topological polar surface area (TPSA) is 144 Å². The molecule has 4 N–H and O–H groups in total. The summed E-state index contributed by atoms with van der Waals surface area (Å²) in [5.74, 6) is -0.647. The van der Waals surface area contributed by atoms with Crippen LogP contribution in [-0.2, 0) is 14.8 Å². The van der Waals surface area contributed by atoms with Gasteiger partial charge in [0.1, 0.15) is 5.69 Å². The number of anilines is 1. The van der Waals surface area contributed by atoms with E-state index in [9.17, 15) is 23.3 Å². The van der Waals surface area contributed by atoms with E-state index in [-0.39, 0.29) is 29.2 Å². The van der Waals surface area contributed by atoms with Crippen molar-refractivity contribution < 1.29 is 18.1 Å². The second kappa shape index (κ2) is 6.50. The van der Waals surface area contributed by atoms with E-state index in [0.717, 1.165) is 6.07 Å². The number of aryl methyl sites for hydroxylation is 1. The number of hydrogen-bond donors (Lipinski definition) is 3. The SMILES string of the molecule is CNc1cc(C)c(S(=O)(=O)NCCC(N)=O)cc1[N+](=O)[O-]. The highest BCUT2D eigenvalue weighted by Gasteiger charge is 2.23. The summed E-state index contributed by atoms with van der Waals surface area (Å²) in [5, 5.41) is 13.6. The molecular weight excluding hydrogens is 300 g/mol. The third kappa shape index (κ3) is 4.13. The van der Waals surface area contributed by atoms with Crippen LogP contribution < -0.4 is 15.8 Å². The minimum absolute atomic E-state index is 0.158. The number of nitro benzene ring substituents is 1. The number of benzene rings is 1. The molecular formula is C11H16N4O5S. The number of carbonyl (C=O) groups is 1. The third-order valence-corrected chi connectivity index (χ3v) is 4.32. The molecule has 0 radical (unpaired) electrons. The van der Waals surface area contributed by atoms with Crippen LogP contribution in [0.1, 0.15) is 12.0 Å². The Morgan fingerprint density at radius 3 is 2.52 bits per heavy atom. The van der Waals surface area contributed by atoms with Crippen LogP contribution in [0.5, 0.6) is 0 Å². The van der Waals surface area contributed by atoms with Gasteiger partial charge in [-0.25, -0.2) is 13.1 Å². The van der Waals surface area contributed by atoms with Crippen molar-refractivity contribution in [3.05, 3.63) is 27.8 Å². The first-order valence-corrected chi connectivity index (χ1v) is 7.42. The number of carbonyl (C=O) groups excluding carboxylic acids is 1. The maximum absolute atomic E-state index is 12.1. The molecule has 0 aliphatic rings. The predicted molar refractivity (Wildman–Crippen MR) is 76.4 cm³/mol. The van der Waals surface area contributed by atoms with Gasteiger partial charge in [-0.2, -0.15) is 0 Å². The van der Waals surface area contributed by atoms with E-state index in [1.165, 1.54) is 20.0 Å². The molecule has 0 saturated carbocycles. The molecule has 0 fully saturated rings. The summed E-state index contributed by atoms with van der Waals surface area (Å²) in [6.45, 7) is 1.35. The van der Waals surface area contributed by atoms with E-state index in [1.807, 2.05) is 0 Å². The van der Waals surface area contributed by atoms with Crippen LogP contribution in [0.15, 0.2) is 17.0 Å². The summed E-state index contributed by atoms with van der Waals surface area (Å²) in [6.07, 6.45) is -0.158. The normalized spacial score (nSPS) is 11.1. The predicted octanol–water partition coefficient (Wildman–Crippen LogP) is 0.0986. The lowest BCUT2D eigenvalue weighted by molar-refractivity contribution is -0.384. The molecule has 1 rings (SSSR count). The lowest BCUT2D eigenvalue weighted by Crippen LogP contribution is -2.28. The maximum atomic E-state index is 12.1. The average Bonchev–Trinajstić information content (AvgIpc) is 2.36. The summed E-state index contributed by atoms with van der Waals surface area (Å²) >= 11 is 0. The molecule has 0 aliphatic carbocycles. The van der Waals surface area contributed by atoms with Crippen molar-refractivity contribution in [3.63, 3.8) is 0 Å². The molecule has 0 bridgehead atoms. The molecule has 0 saturated heterocycles. The number of primary amides is 1.